The van der Waals surface area contributed by atoms with Crippen LogP contribution in [-0.4, -0.2) is 65.8 Å². The molecule has 1 saturated heterocycles. The summed E-state index contributed by atoms with van der Waals surface area (Å²) in [6.07, 6.45) is 1.52. The molecule has 0 saturated carbocycles. The highest BCUT2D eigenvalue weighted by Gasteiger charge is 2.23. The van der Waals surface area contributed by atoms with Gasteiger partial charge in [0.15, 0.2) is 0 Å². The Labute approximate surface area is 299 Å². The number of nitrogens with one attached hydrogen (secondary N) is 4. The number of hydrogen-bond acceptors (Lipinski definition) is 8. The van der Waals surface area contributed by atoms with E-state index < -0.39 is 12.2 Å². The van der Waals surface area contributed by atoms with E-state index in [-0.39, 0.29) is 30.0 Å². The maximum absolute atomic E-state index is 13.0. The minimum atomic E-state index is -0.839. The predicted molar refractivity (Wildman–Crippen MR) is 200 cm³/mol. The Morgan fingerprint density at radius 1 is 0.922 bits per heavy atom. The van der Waals surface area contributed by atoms with Crippen molar-refractivity contribution in [3.63, 3.8) is 0 Å². The second kappa shape index (κ2) is 18.1. The van der Waals surface area contributed by atoms with E-state index in [0.717, 1.165) is 53.0 Å². The van der Waals surface area contributed by atoms with Crippen LogP contribution < -0.4 is 21.3 Å². The molecule has 0 unspecified atom stereocenters. The number of aryl methyl sites for hydroxylation is 2. The van der Waals surface area contributed by atoms with Crippen molar-refractivity contribution in [1.82, 2.24) is 10.2 Å². The number of phenolic OH excluding ortho intramolecular Hbond substituents is 1. The van der Waals surface area contributed by atoms with E-state index in [4.69, 9.17) is 4.74 Å². The number of anilines is 3. The number of ether oxygens (including phenoxy) is 1. The molecule has 268 valence electrons. The standard InChI is InChI=1S/C40H47N5O6/c1-3-28-22-35(27(2)21-31(28)24-41-25-38(48)30-13-14-37(47)36(23-30)42-26-46)43-39(49)17-20-45-18-15-32(16-19-45)51-40(50)44-34-12-8-7-11-33(34)29-9-5-4-6-10-29/h4-14,21-23,26,32,38,41,47-48H,3,15-20,24-25H2,1-2H3,(H,42,46)(H,43,49)(H,44,50)/t38-/m0/s1. The number of likely N-dealkylation sites (tertiary alicyclic amines) is 1. The Morgan fingerprint density at radius 3 is 2.41 bits per heavy atom. The molecule has 6 N–H and O–H groups in total. The van der Waals surface area contributed by atoms with Crippen LogP contribution in [-0.2, 0) is 27.3 Å². The number of carbonyl (C=O) groups is 3. The second-order valence-electron chi connectivity index (χ2n) is 12.8. The first-order chi connectivity index (χ1) is 24.7. The SMILES string of the molecule is CCc1cc(NC(=O)CCN2CCC(OC(=O)Nc3ccccc3-c3ccccc3)CC2)c(C)cc1CNC[C@H](O)c1ccc(O)c(NC=O)c1. The summed E-state index contributed by atoms with van der Waals surface area (Å²) in [6.45, 7) is 6.92. The molecule has 3 amide bonds. The molecule has 0 bridgehead atoms. The van der Waals surface area contributed by atoms with Gasteiger partial charge in [-0.1, -0.05) is 67.6 Å². The van der Waals surface area contributed by atoms with Gasteiger partial charge in [0.1, 0.15) is 11.9 Å². The van der Waals surface area contributed by atoms with E-state index >= 15 is 0 Å². The number of piperidine rings is 1. The fourth-order valence-electron chi connectivity index (χ4n) is 6.32. The van der Waals surface area contributed by atoms with Crippen molar-refractivity contribution >= 4 is 35.5 Å². The van der Waals surface area contributed by atoms with Gasteiger partial charge in [-0.2, -0.15) is 0 Å². The number of benzene rings is 4. The molecule has 1 heterocycles. The van der Waals surface area contributed by atoms with Crippen LogP contribution in [0.1, 0.15) is 54.5 Å². The largest absolute Gasteiger partial charge is 0.506 e. The number of carbonyl (C=O) groups excluding carboxylic acids is 3. The van der Waals surface area contributed by atoms with Crippen molar-refractivity contribution in [2.24, 2.45) is 0 Å². The summed E-state index contributed by atoms with van der Waals surface area (Å²) in [4.78, 5) is 38.8. The first-order valence-corrected chi connectivity index (χ1v) is 17.4. The summed E-state index contributed by atoms with van der Waals surface area (Å²) in [7, 11) is 0. The van der Waals surface area contributed by atoms with Crippen molar-refractivity contribution in [2.75, 3.05) is 42.1 Å². The zero-order valence-corrected chi connectivity index (χ0v) is 29.2. The van der Waals surface area contributed by atoms with E-state index in [2.05, 4.69) is 39.2 Å². The number of para-hydroxylation sites is 1. The molecular weight excluding hydrogens is 646 g/mol. The average molecular weight is 694 g/mol. The molecule has 1 aliphatic heterocycles. The summed E-state index contributed by atoms with van der Waals surface area (Å²) in [5.74, 6) is -0.127. The number of aliphatic hydroxyl groups is 1. The lowest BCUT2D eigenvalue weighted by atomic mass is 10.00. The quantitative estimate of drug-likeness (QED) is 0.0622. The zero-order valence-electron chi connectivity index (χ0n) is 29.2. The molecule has 1 fully saturated rings. The molecule has 0 spiro atoms. The number of hydrogen-bond donors (Lipinski definition) is 6. The maximum Gasteiger partial charge on any atom is 0.411 e. The Bertz CT molecular complexity index is 1790. The Morgan fingerprint density at radius 2 is 1.67 bits per heavy atom. The minimum Gasteiger partial charge on any atom is -0.506 e. The highest BCUT2D eigenvalue weighted by Crippen LogP contribution is 2.29. The van der Waals surface area contributed by atoms with Crippen molar-refractivity contribution < 1.29 is 29.3 Å². The van der Waals surface area contributed by atoms with E-state index in [1.54, 1.807) is 12.1 Å². The molecule has 11 nitrogen and oxygen atoms in total. The summed E-state index contributed by atoms with van der Waals surface area (Å²) in [6, 6.07) is 26.2. The molecule has 1 aliphatic rings. The lowest BCUT2D eigenvalue weighted by Crippen LogP contribution is -2.39. The fourth-order valence-corrected chi connectivity index (χ4v) is 6.32. The zero-order chi connectivity index (χ0) is 36.2. The Balaban J connectivity index is 1.04. The summed E-state index contributed by atoms with van der Waals surface area (Å²) in [5.41, 5.74) is 7.36. The molecule has 11 heteroatoms. The highest BCUT2D eigenvalue weighted by molar-refractivity contribution is 5.92. The second-order valence-corrected chi connectivity index (χ2v) is 12.8. The van der Waals surface area contributed by atoms with Crippen molar-refractivity contribution in [2.45, 2.75) is 58.3 Å². The summed E-state index contributed by atoms with van der Waals surface area (Å²) >= 11 is 0. The molecule has 5 rings (SSSR count). The number of rotatable bonds is 15. The predicted octanol–water partition coefficient (Wildman–Crippen LogP) is 6.36. The normalized spacial score (nSPS) is 14.0. The van der Waals surface area contributed by atoms with Crippen LogP contribution in [0.5, 0.6) is 5.75 Å². The van der Waals surface area contributed by atoms with Gasteiger partial charge in [0.2, 0.25) is 12.3 Å². The fraction of sp³-hybridized carbons (Fsp3) is 0.325. The van der Waals surface area contributed by atoms with Crippen LogP contribution >= 0.6 is 0 Å². The molecule has 51 heavy (non-hydrogen) atoms. The van der Waals surface area contributed by atoms with Crippen LogP contribution in [0.25, 0.3) is 11.1 Å². The van der Waals surface area contributed by atoms with Crippen molar-refractivity contribution in [3.8, 4) is 16.9 Å². The molecule has 0 radical (unpaired) electrons. The van der Waals surface area contributed by atoms with E-state index in [9.17, 15) is 24.6 Å². The van der Waals surface area contributed by atoms with E-state index in [0.29, 0.717) is 50.0 Å². The number of aromatic hydroxyl groups is 1. The first-order valence-electron chi connectivity index (χ1n) is 17.4. The summed E-state index contributed by atoms with van der Waals surface area (Å²) < 4.78 is 5.76. The number of amides is 3. The molecular formula is C40H47N5O6. The van der Waals surface area contributed by atoms with Crippen LogP contribution in [0.4, 0.5) is 21.9 Å². The van der Waals surface area contributed by atoms with E-state index in [1.165, 1.54) is 6.07 Å². The lowest BCUT2D eigenvalue weighted by Gasteiger charge is -2.31. The third kappa shape index (κ3) is 10.4. The van der Waals surface area contributed by atoms with Crippen LogP contribution in [0.2, 0.25) is 0 Å². The molecule has 1 atom stereocenters. The Kier molecular flexibility index (Phi) is 13.2. The third-order valence-electron chi connectivity index (χ3n) is 9.19. The third-order valence-corrected chi connectivity index (χ3v) is 9.19. The minimum absolute atomic E-state index is 0.0543. The number of nitrogens with zero attached hydrogens (tertiary/aromatic N) is 1. The topological polar surface area (TPSA) is 152 Å². The smallest absolute Gasteiger partial charge is 0.411 e. The maximum atomic E-state index is 13.0. The van der Waals surface area contributed by atoms with Crippen LogP contribution in [0.3, 0.4) is 0 Å². The monoisotopic (exact) mass is 693 g/mol. The van der Waals surface area contributed by atoms with Crippen molar-refractivity contribution in [3.05, 3.63) is 107 Å². The van der Waals surface area contributed by atoms with Crippen LogP contribution in [0.15, 0.2) is 84.9 Å². The van der Waals surface area contributed by atoms with Crippen molar-refractivity contribution in [1.29, 1.82) is 0 Å². The molecule has 4 aromatic carbocycles. The van der Waals surface area contributed by atoms with E-state index in [1.807, 2.05) is 67.6 Å². The summed E-state index contributed by atoms with van der Waals surface area (Å²) in [5, 5.41) is 32.2. The molecule has 0 aromatic heterocycles. The van der Waals surface area contributed by atoms with Gasteiger partial charge in [-0.15, -0.1) is 0 Å². The number of phenols is 1. The van der Waals surface area contributed by atoms with Gasteiger partial charge in [0.25, 0.3) is 0 Å². The van der Waals surface area contributed by atoms with Gasteiger partial charge >= 0.3 is 6.09 Å². The highest BCUT2D eigenvalue weighted by atomic mass is 16.6. The van der Waals surface area contributed by atoms with Gasteiger partial charge in [-0.05, 0) is 78.3 Å². The number of aliphatic hydroxyl groups excluding tert-OH is 1. The van der Waals surface area contributed by atoms with Crippen LogP contribution in [0, 0.1) is 6.92 Å². The van der Waals surface area contributed by atoms with Gasteiger partial charge in [-0.3, -0.25) is 14.9 Å². The lowest BCUT2D eigenvalue weighted by molar-refractivity contribution is -0.116. The first kappa shape index (κ1) is 37.0. The Hall–Kier alpha value is -5.23. The average Bonchev–Trinajstić information content (AvgIpc) is 3.14. The molecule has 0 aliphatic carbocycles. The van der Waals surface area contributed by atoms with Gasteiger partial charge in [0, 0.05) is 50.4 Å². The van der Waals surface area contributed by atoms with Gasteiger partial charge in [-0.25, -0.2) is 4.79 Å². The molecule has 4 aromatic rings. The van der Waals surface area contributed by atoms with Gasteiger partial charge < -0.3 is 35.8 Å². The van der Waals surface area contributed by atoms with Gasteiger partial charge in [0.05, 0.1) is 17.5 Å².